The first kappa shape index (κ1) is 15.8. The maximum Gasteiger partial charge on any atom is 0.268 e. The number of sulfone groups is 1. The van der Waals surface area contributed by atoms with Crippen molar-refractivity contribution >= 4 is 27.3 Å². The fraction of sp³-hybridized carbons (Fsp3) is 0.467. The first-order valence-corrected chi connectivity index (χ1v) is 9.25. The largest absolute Gasteiger partial charge is 0.479 e. The molecule has 0 aromatic heterocycles. The molecule has 3 rings (SSSR count). The summed E-state index contributed by atoms with van der Waals surface area (Å²) in [6.07, 6.45) is -0.248. The Kier molecular flexibility index (Phi) is 4.01. The standard InChI is InChI=1S/C15H18N2O5S/c1-10-15(19)17(12-4-2-3-5-13(12)22-10)8-14(18)16-11-6-7-23(20,21)9-11/h2-5,10-11H,6-9H2,1H3,(H,16,18)/t10-,11-/m0/s1. The van der Waals surface area contributed by atoms with Gasteiger partial charge in [-0.3, -0.25) is 14.5 Å². The summed E-state index contributed by atoms with van der Waals surface area (Å²) in [5.74, 6) is -0.0602. The molecule has 8 heteroatoms. The molecule has 23 heavy (non-hydrogen) atoms. The number of fused-ring (bicyclic) bond motifs is 1. The summed E-state index contributed by atoms with van der Waals surface area (Å²) in [6, 6.07) is 6.64. The van der Waals surface area contributed by atoms with Crippen molar-refractivity contribution in [1.29, 1.82) is 0 Å². The molecule has 1 saturated heterocycles. The lowest BCUT2D eigenvalue weighted by Crippen LogP contribution is -2.50. The normalized spacial score (nSPS) is 25.6. The average Bonchev–Trinajstić information content (AvgIpc) is 2.82. The third-order valence-electron chi connectivity index (χ3n) is 3.97. The minimum atomic E-state index is -3.06. The molecule has 7 nitrogen and oxygen atoms in total. The second-order valence-corrected chi connectivity index (χ2v) is 8.05. The number of amides is 2. The van der Waals surface area contributed by atoms with Crippen LogP contribution in [0.15, 0.2) is 24.3 Å². The van der Waals surface area contributed by atoms with Crippen LogP contribution in [0.1, 0.15) is 13.3 Å². The van der Waals surface area contributed by atoms with Gasteiger partial charge in [-0.15, -0.1) is 0 Å². The molecule has 2 amide bonds. The Balaban J connectivity index is 1.71. The van der Waals surface area contributed by atoms with Crippen LogP contribution in [0, 0.1) is 0 Å². The van der Waals surface area contributed by atoms with E-state index in [0.717, 1.165) is 0 Å². The van der Waals surface area contributed by atoms with Gasteiger partial charge in [0.15, 0.2) is 15.9 Å². The third-order valence-corrected chi connectivity index (χ3v) is 5.74. The number of benzene rings is 1. The minimum Gasteiger partial charge on any atom is -0.479 e. The van der Waals surface area contributed by atoms with Crippen LogP contribution in [0.2, 0.25) is 0 Å². The molecule has 2 aliphatic rings. The predicted octanol–water partition coefficient (Wildman–Crippen LogP) is 0.104. The van der Waals surface area contributed by atoms with Crippen LogP contribution in [-0.4, -0.2) is 50.4 Å². The van der Waals surface area contributed by atoms with Gasteiger partial charge in [-0.2, -0.15) is 0 Å². The number of anilines is 1. The number of hydrogen-bond donors (Lipinski definition) is 1. The van der Waals surface area contributed by atoms with Gasteiger partial charge in [0, 0.05) is 6.04 Å². The Hall–Kier alpha value is -2.09. The highest BCUT2D eigenvalue weighted by Crippen LogP contribution is 2.33. The van der Waals surface area contributed by atoms with E-state index in [1.165, 1.54) is 4.90 Å². The molecule has 1 aromatic carbocycles. The van der Waals surface area contributed by atoms with Crippen molar-refractivity contribution in [2.24, 2.45) is 0 Å². The summed E-state index contributed by atoms with van der Waals surface area (Å²) in [7, 11) is -3.06. The minimum absolute atomic E-state index is 0.0389. The van der Waals surface area contributed by atoms with E-state index < -0.39 is 15.9 Å². The second-order valence-electron chi connectivity index (χ2n) is 5.82. The summed E-state index contributed by atoms with van der Waals surface area (Å²) in [5, 5.41) is 2.70. The van der Waals surface area contributed by atoms with Crippen molar-refractivity contribution in [3.63, 3.8) is 0 Å². The molecule has 2 heterocycles. The SMILES string of the molecule is C[C@@H]1Oc2ccccc2N(CC(=O)N[C@H]2CCS(=O)(=O)C2)C1=O. The third kappa shape index (κ3) is 3.31. The Morgan fingerprint density at radius 2 is 2.13 bits per heavy atom. The van der Waals surface area contributed by atoms with Gasteiger partial charge < -0.3 is 10.1 Å². The van der Waals surface area contributed by atoms with E-state index in [0.29, 0.717) is 17.9 Å². The first-order chi connectivity index (χ1) is 10.9. The van der Waals surface area contributed by atoms with Crippen molar-refractivity contribution in [3.05, 3.63) is 24.3 Å². The molecule has 2 atom stereocenters. The van der Waals surface area contributed by atoms with Gasteiger partial charge in [-0.1, -0.05) is 12.1 Å². The van der Waals surface area contributed by atoms with Crippen LogP contribution in [0.5, 0.6) is 5.75 Å². The van der Waals surface area contributed by atoms with Crippen molar-refractivity contribution < 1.29 is 22.7 Å². The van der Waals surface area contributed by atoms with Gasteiger partial charge in [-0.05, 0) is 25.5 Å². The van der Waals surface area contributed by atoms with Crippen LogP contribution in [-0.2, 0) is 19.4 Å². The predicted molar refractivity (Wildman–Crippen MR) is 84.1 cm³/mol. The zero-order chi connectivity index (χ0) is 16.6. The van der Waals surface area contributed by atoms with Crippen LogP contribution in [0.25, 0.3) is 0 Å². The summed E-state index contributed by atoms with van der Waals surface area (Å²) in [6.45, 7) is 1.48. The van der Waals surface area contributed by atoms with E-state index in [-0.39, 0.29) is 35.9 Å². The lowest BCUT2D eigenvalue weighted by atomic mass is 10.2. The number of ether oxygens (including phenoxy) is 1. The van der Waals surface area contributed by atoms with Gasteiger partial charge in [-0.25, -0.2) is 8.42 Å². The molecule has 0 saturated carbocycles. The molecular weight excluding hydrogens is 320 g/mol. The van der Waals surface area contributed by atoms with E-state index >= 15 is 0 Å². The van der Waals surface area contributed by atoms with Gasteiger partial charge in [0.2, 0.25) is 5.91 Å². The Labute approximate surface area is 134 Å². The summed E-state index contributed by atoms with van der Waals surface area (Å²) in [5.41, 5.74) is 0.546. The average molecular weight is 338 g/mol. The molecule has 1 N–H and O–H groups in total. The molecule has 1 aromatic rings. The topological polar surface area (TPSA) is 92.8 Å². The number of rotatable bonds is 3. The van der Waals surface area contributed by atoms with Crippen LogP contribution in [0.3, 0.4) is 0 Å². The monoisotopic (exact) mass is 338 g/mol. The Morgan fingerprint density at radius 3 is 2.83 bits per heavy atom. The van der Waals surface area contributed by atoms with Crippen molar-refractivity contribution in [1.82, 2.24) is 5.32 Å². The number of hydrogen-bond acceptors (Lipinski definition) is 5. The first-order valence-electron chi connectivity index (χ1n) is 7.42. The van der Waals surface area contributed by atoms with Crippen molar-refractivity contribution in [2.75, 3.05) is 23.0 Å². The fourth-order valence-electron chi connectivity index (χ4n) is 2.85. The molecule has 0 aliphatic carbocycles. The van der Waals surface area contributed by atoms with E-state index in [2.05, 4.69) is 5.32 Å². The molecule has 124 valence electrons. The highest BCUT2D eigenvalue weighted by molar-refractivity contribution is 7.91. The van der Waals surface area contributed by atoms with Crippen LogP contribution < -0.4 is 15.0 Å². The number of nitrogens with zero attached hydrogens (tertiary/aromatic N) is 1. The Bertz CT molecular complexity index is 746. The molecular formula is C15H18N2O5S. The molecule has 0 bridgehead atoms. The van der Waals surface area contributed by atoms with Gasteiger partial charge >= 0.3 is 0 Å². The summed E-state index contributed by atoms with van der Waals surface area (Å²) >= 11 is 0. The molecule has 2 aliphatic heterocycles. The summed E-state index contributed by atoms with van der Waals surface area (Å²) in [4.78, 5) is 25.9. The number of nitrogens with one attached hydrogen (secondary N) is 1. The smallest absolute Gasteiger partial charge is 0.268 e. The van der Waals surface area contributed by atoms with Gasteiger partial charge in [0.1, 0.15) is 12.3 Å². The van der Waals surface area contributed by atoms with Gasteiger partial charge in [0.05, 0.1) is 17.2 Å². The highest BCUT2D eigenvalue weighted by atomic mass is 32.2. The zero-order valence-corrected chi connectivity index (χ0v) is 13.5. The number of carbonyl (C=O) groups is 2. The lowest BCUT2D eigenvalue weighted by molar-refractivity contribution is -0.128. The van der Waals surface area contributed by atoms with E-state index in [4.69, 9.17) is 4.74 Å². The van der Waals surface area contributed by atoms with E-state index in [1.807, 2.05) is 0 Å². The fourth-order valence-corrected chi connectivity index (χ4v) is 4.52. The number of carbonyl (C=O) groups excluding carboxylic acids is 2. The van der Waals surface area contributed by atoms with Crippen LogP contribution in [0.4, 0.5) is 5.69 Å². The molecule has 0 radical (unpaired) electrons. The number of para-hydroxylation sites is 2. The molecule has 0 spiro atoms. The lowest BCUT2D eigenvalue weighted by Gasteiger charge is -2.32. The highest BCUT2D eigenvalue weighted by Gasteiger charge is 2.34. The quantitative estimate of drug-likeness (QED) is 0.844. The van der Waals surface area contributed by atoms with E-state index in [1.54, 1.807) is 31.2 Å². The maximum absolute atomic E-state index is 12.3. The molecule has 1 fully saturated rings. The van der Waals surface area contributed by atoms with E-state index in [9.17, 15) is 18.0 Å². The summed E-state index contributed by atoms with van der Waals surface area (Å²) < 4.78 is 28.4. The Morgan fingerprint density at radius 1 is 1.39 bits per heavy atom. The van der Waals surface area contributed by atoms with Crippen LogP contribution >= 0.6 is 0 Å². The second kappa shape index (κ2) is 5.84. The zero-order valence-electron chi connectivity index (χ0n) is 12.7. The van der Waals surface area contributed by atoms with Crippen molar-refractivity contribution in [2.45, 2.75) is 25.5 Å². The maximum atomic E-state index is 12.3. The van der Waals surface area contributed by atoms with Gasteiger partial charge in [0.25, 0.3) is 5.91 Å². The molecule has 0 unspecified atom stereocenters. The van der Waals surface area contributed by atoms with Crippen molar-refractivity contribution in [3.8, 4) is 5.75 Å².